The third kappa shape index (κ3) is 3.74. The van der Waals surface area contributed by atoms with Gasteiger partial charge < -0.3 is 20.2 Å². The number of hydrogen-bond acceptors (Lipinski definition) is 4. The maximum absolute atomic E-state index is 12.6. The van der Waals surface area contributed by atoms with Crippen LogP contribution in [0.25, 0.3) is 0 Å². The van der Waals surface area contributed by atoms with Gasteiger partial charge in [0.1, 0.15) is 0 Å². The Bertz CT molecular complexity index is 541. The minimum absolute atomic E-state index is 0.139. The van der Waals surface area contributed by atoms with Crippen molar-refractivity contribution >= 4 is 17.8 Å². The highest BCUT2D eigenvalue weighted by molar-refractivity contribution is 5.95. The first-order chi connectivity index (χ1) is 9.58. The van der Waals surface area contributed by atoms with E-state index in [-0.39, 0.29) is 5.76 Å². The second kappa shape index (κ2) is 5.85. The van der Waals surface area contributed by atoms with Crippen LogP contribution in [0.15, 0.2) is 22.8 Å². The van der Waals surface area contributed by atoms with Crippen LogP contribution in [-0.4, -0.2) is 41.2 Å². The normalized spacial score (nSPS) is 14.1. The maximum Gasteiger partial charge on any atom is 0.422 e. The fourth-order valence-corrected chi connectivity index (χ4v) is 1.22. The predicted octanol–water partition coefficient (Wildman–Crippen LogP) is 0.531. The summed E-state index contributed by atoms with van der Waals surface area (Å²) in [6.45, 7) is -0.528. The molecule has 1 aromatic rings. The minimum Gasteiger partial charge on any atom is -0.479 e. The number of aliphatic carboxylic acids is 1. The molecule has 0 bridgehead atoms. The van der Waals surface area contributed by atoms with Crippen LogP contribution in [0.4, 0.5) is 13.2 Å². The summed E-state index contributed by atoms with van der Waals surface area (Å²) in [6, 6.07) is 2.68. The van der Waals surface area contributed by atoms with Crippen LogP contribution in [-0.2, 0) is 9.59 Å². The van der Waals surface area contributed by atoms with Crippen LogP contribution in [0.1, 0.15) is 17.5 Å². The van der Waals surface area contributed by atoms with Gasteiger partial charge >= 0.3 is 12.1 Å². The van der Waals surface area contributed by atoms with E-state index in [0.29, 0.717) is 6.92 Å². The number of alkyl halides is 3. The first kappa shape index (κ1) is 16.5. The average molecular weight is 308 g/mol. The van der Waals surface area contributed by atoms with Gasteiger partial charge in [-0.1, -0.05) is 0 Å². The van der Waals surface area contributed by atoms with Crippen molar-refractivity contribution in [1.82, 2.24) is 10.6 Å². The molecule has 0 aliphatic rings. The minimum atomic E-state index is -5.19. The third-order valence-electron chi connectivity index (χ3n) is 2.54. The van der Waals surface area contributed by atoms with Gasteiger partial charge in [0.25, 0.3) is 5.91 Å². The molecule has 1 unspecified atom stereocenters. The summed E-state index contributed by atoms with van der Waals surface area (Å²) in [5.41, 5.74) is -3.44. The summed E-state index contributed by atoms with van der Waals surface area (Å²) in [6.07, 6.45) is -4.00. The van der Waals surface area contributed by atoms with Crippen LogP contribution in [0.2, 0.25) is 0 Å². The number of rotatable bonds is 5. The zero-order valence-corrected chi connectivity index (χ0v) is 10.7. The molecule has 116 valence electrons. The number of halogens is 3. The SMILES string of the molecule is CC(NC(=O)CNC(=O)c1ccco1)(C(=O)O)C(F)(F)F. The van der Waals surface area contributed by atoms with Gasteiger partial charge in [-0.25, -0.2) is 4.79 Å². The van der Waals surface area contributed by atoms with E-state index in [1.807, 2.05) is 5.32 Å². The molecule has 1 rings (SSSR count). The fourth-order valence-electron chi connectivity index (χ4n) is 1.22. The summed E-state index contributed by atoms with van der Waals surface area (Å²) < 4.78 is 42.6. The van der Waals surface area contributed by atoms with Gasteiger partial charge in [0.2, 0.25) is 11.4 Å². The molecular weight excluding hydrogens is 297 g/mol. The highest BCUT2D eigenvalue weighted by atomic mass is 19.4. The lowest BCUT2D eigenvalue weighted by Crippen LogP contribution is -2.63. The molecule has 1 atom stereocenters. The van der Waals surface area contributed by atoms with E-state index in [1.165, 1.54) is 23.7 Å². The number of nitrogens with one attached hydrogen (secondary N) is 2. The van der Waals surface area contributed by atoms with Crippen molar-refractivity contribution < 1.29 is 37.1 Å². The van der Waals surface area contributed by atoms with Gasteiger partial charge in [-0.3, -0.25) is 9.59 Å². The Hall–Kier alpha value is -2.52. The van der Waals surface area contributed by atoms with Crippen molar-refractivity contribution in [3.05, 3.63) is 24.2 Å². The van der Waals surface area contributed by atoms with Crippen LogP contribution in [0.3, 0.4) is 0 Å². The van der Waals surface area contributed by atoms with E-state index >= 15 is 0 Å². The van der Waals surface area contributed by atoms with Crippen LogP contribution < -0.4 is 10.6 Å². The van der Waals surface area contributed by atoms with Crippen molar-refractivity contribution in [1.29, 1.82) is 0 Å². The molecule has 0 radical (unpaired) electrons. The van der Waals surface area contributed by atoms with E-state index in [4.69, 9.17) is 9.52 Å². The van der Waals surface area contributed by atoms with Crippen molar-refractivity contribution in [3.63, 3.8) is 0 Å². The molecule has 10 heteroatoms. The van der Waals surface area contributed by atoms with Crippen molar-refractivity contribution in [3.8, 4) is 0 Å². The fraction of sp³-hybridized carbons (Fsp3) is 0.364. The highest BCUT2D eigenvalue weighted by Crippen LogP contribution is 2.30. The molecule has 21 heavy (non-hydrogen) atoms. The lowest BCUT2D eigenvalue weighted by Gasteiger charge is -2.28. The Labute approximate surface area is 116 Å². The lowest BCUT2D eigenvalue weighted by atomic mass is 10.0. The van der Waals surface area contributed by atoms with E-state index in [2.05, 4.69) is 0 Å². The number of furan rings is 1. The van der Waals surface area contributed by atoms with E-state index in [9.17, 15) is 27.6 Å². The standard InChI is InChI=1S/C11H11F3N2O5/c1-10(9(19)20,11(12,13)14)16-7(17)5-15-8(18)6-3-2-4-21-6/h2-4H,5H2,1H3,(H,15,18)(H,16,17)(H,19,20). The molecule has 0 aliphatic carbocycles. The quantitative estimate of drug-likeness (QED) is 0.735. The monoisotopic (exact) mass is 308 g/mol. The lowest BCUT2D eigenvalue weighted by molar-refractivity contribution is -0.206. The average Bonchev–Trinajstić information content (AvgIpc) is 2.88. The van der Waals surface area contributed by atoms with Crippen LogP contribution in [0, 0.1) is 0 Å². The summed E-state index contributed by atoms with van der Waals surface area (Å²) in [4.78, 5) is 33.4. The molecule has 0 saturated heterocycles. The first-order valence-electron chi connectivity index (χ1n) is 5.51. The zero-order chi connectivity index (χ0) is 16.3. The number of carbonyl (C=O) groups excluding carboxylic acids is 2. The van der Waals surface area contributed by atoms with Gasteiger partial charge in [-0.2, -0.15) is 13.2 Å². The smallest absolute Gasteiger partial charge is 0.422 e. The summed E-state index contributed by atoms with van der Waals surface area (Å²) in [5, 5.41) is 11.9. The molecule has 0 saturated carbocycles. The molecule has 0 spiro atoms. The largest absolute Gasteiger partial charge is 0.479 e. The molecule has 3 N–H and O–H groups in total. The van der Waals surface area contributed by atoms with Gasteiger partial charge in [0, 0.05) is 0 Å². The molecule has 0 aromatic carbocycles. The van der Waals surface area contributed by atoms with Gasteiger partial charge in [0.05, 0.1) is 12.8 Å². The Morgan fingerprint density at radius 2 is 1.95 bits per heavy atom. The van der Waals surface area contributed by atoms with E-state index < -0.39 is 36.0 Å². The Balaban J connectivity index is 2.64. The summed E-state index contributed by atoms with van der Waals surface area (Å²) in [7, 11) is 0. The molecule has 0 fully saturated rings. The zero-order valence-electron chi connectivity index (χ0n) is 10.7. The first-order valence-corrected chi connectivity index (χ1v) is 5.51. The van der Waals surface area contributed by atoms with Gasteiger partial charge in [-0.05, 0) is 19.1 Å². The van der Waals surface area contributed by atoms with Crippen LogP contribution in [0.5, 0.6) is 0 Å². The van der Waals surface area contributed by atoms with E-state index in [1.54, 1.807) is 0 Å². The highest BCUT2D eigenvalue weighted by Gasteiger charge is 2.58. The molecule has 2 amide bonds. The second-order valence-corrected chi connectivity index (χ2v) is 4.14. The Kier molecular flexibility index (Phi) is 4.61. The van der Waals surface area contributed by atoms with Gasteiger partial charge in [-0.15, -0.1) is 0 Å². The van der Waals surface area contributed by atoms with Crippen molar-refractivity contribution in [2.45, 2.75) is 18.6 Å². The number of hydrogen-bond donors (Lipinski definition) is 3. The summed E-state index contributed by atoms with van der Waals surface area (Å²) in [5.74, 6) is -4.53. The topological polar surface area (TPSA) is 109 Å². The maximum atomic E-state index is 12.6. The van der Waals surface area contributed by atoms with E-state index in [0.717, 1.165) is 0 Å². The number of carboxylic acids is 1. The molecule has 1 heterocycles. The molecular formula is C11H11F3N2O5. The number of carbonyl (C=O) groups is 3. The number of carboxylic acid groups (broad SMARTS) is 1. The Morgan fingerprint density at radius 1 is 1.33 bits per heavy atom. The van der Waals surface area contributed by atoms with Crippen LogP contribution >= 0.6 is 0 Å². The predicted molar refractivity (Wildman–Crippen MR) is 61.3 cm³/mol. The van der Waals surface area contributed by atoms with Crippen molar-refractivity contribution in [2.24, 2.45) is 0 Å². The Morgan fingerprint density at radius 3 is 2.38 bits per heavy atom. The van der Waals surface area contributed by atoms with Crippen molar-refractivity contribution in [2.75, 3.05) is 6.54 Å². The number of amides is 2. The molecule has 1 aromatic heterocycles. The third-order valence-corrected chi connectivity index (χ3v) is 2.54. The molecule has 0 aliphatic heterocycles. The van der Waals surface area contributed by atoms with Gasteiger partial charge in [0.15, 0.2) is 5.76 Å². The second-order valence-electron chi connectivity index (χ2n) is 4.14. The summed E-state index contributed by atoms with van der Waals surface area (Å²) >= 11 is 0. The molecule has 7 nitrogen and oxygen atoms in total.